The van der Waals surface area contributed by atoms with E-state index in [2.05, 4.69) is 29.6 Å². The molecule has 0 fully saturated rings. The Morgan fingerprint density at radius 3 is 2.26 bits per heavy atom. The van der Waals surface area contributed by atoms with Crippen LogP contribution in [-0.2, 0) is 14.3 Å². The minimum atomic E-state index is -1.04. The van der Waals surface area contributed by atoms with Crippen LogP contribution >= 0.6 is 0 Å². The van der Waals surface area contributed by atoms with Crippen molar-refractivity contribution in [2.24, 2.45) is 5.92 Å². The molecule has 2 N–H and O–H groups in total. The highest BCUT2D eigenvalue weighted by Gasteiger charge is 2.33. The first-order valence-corrected chi connectivity index (χ1v) is 11.7. The normalized spacial score (nSPS) is 19.2. The number of carbonyl (C=O) groups is 3. The molecule has 2 aromatic carbocycles. The lowest BCUT2D eigenvalue weighted by atomic mass is 9.98. The third kappa shape index (κ3) is 4.83. The number of fused-ring (bicyclic) bond motifs is 3. The number of carbonyl (C=O) groups excluding carboxylic acids is 2. The highest BCUT2D eigenvalue weighted by Crippen LogP contribution is 2.44. The van der Waals surface area contributed by atoms with Crippen LogP contribution in [0.4, 0.5) is 4.79 Å². The average molecular weight is 463 g/mol. The Bertz CT molecular complexity index is 1070. The molecule has 7 nitrogen and oxygen atoms in total. The first-order valence-electron chi connectivity index (χ1n) is 11.7. The fraction of sp³-hybridized carbons (Fsp3) is 0.370. The van der Waals surface area contributed by atoms with Gasteiger partial charge in [0.15, 0.2) is 0 Å². The molecule has 2 aliphatic rings. The molecule has 7 heteroatoms. The average Bonchev–Trinajstić information content (AvgIpc) is 3.43. The number of carboxylic acid groups (broad SMARTS) is 1. The van der Waals surface area contributed by atoms with Crippen molar-refractivity contribution in [1.29, 1.82) is 0 Å². The number of hydrogen-bond donors (Lipinski definition) is 2. The van der Waals surface area contributed by atoms with Crippen molar-refractivity contribution in [1.82, 2.24) is 10.2 Å². The van der Waals surface area contributed by atoms with Gasteiger partial charge in [0.05, 0.1) is 12.0 Å². The van der Waals surface area contributed by atoms with Crippen molar-refractivity contribution >= 4 is 18.0 Å². The molecule has 178 valence electrons. The van der Waals surface area contributed by atoms with Gasteiger partial charge < -0.3 is 20.1 Å². The quantitative estimate of drug-likeness (QED) is 0.574. The molecule has 0 bridgehead atoms. The molecule has 2 aromatic rings. The maximum absolute atomic E-state index is 12.9. The number of alkyl carbamates (subject to hydrolysis) is 1. The van der Waals surface area contributed by atoms with Crippen LogP contribution in [0.15, 0.2) is 60.7 Å². The van der Waals surface area contributed by atoms with E-state index in [4.69, 9.17) is 4.74 Å². The number of amides is 2. The van der Waals surface area contributed by atoms with Crippen LogP contribution in [0.1, 0.15) is 43.7 Å². The fourth-order valence-electron chi connectivity index (χ4n) is 4.81. The van der Waals surface area contributed by atoms with Crippen LogP contribution in [-0.4, -0.2) is 53.2 Å². The van der Waals surface area contributed by atoms with Crippen molar-refractivity contribution < 1.29 is 24.2 Å². The molecule has 2 amide bonds. The van der Waals surface area contributed by atoms with E-state index in [1.807, 2.05) is 38.1 Å². The number of rotatable bonds is 8. The molecule has 4 rings (SSSR count). The number of nitrogens with one attached hydrogen (secondary N) is 1. The van der Waals surface area contributed by atoms with Crippen LogP contribution in [0.5, 0.6) is 0 Å². The summed E-state index contributed by atoms with van der Waals surface area (Å²) in [6, 6.07) is 15.8. The summed E-state index contributed by atoms with van der Waals surface area (Å²) < 4.78 is 5.60. The van der Waals surface area contributed by atoms with Gasteiger partial charge in [-0.25, -0.2) is 4.79 Å². The Morgan fingerprint density at radius 1 is 1.06 bits per heavy atom. The molecule has 0 spiro atoms. The topological polar surface area (TPSA) is 95.9 Å². The van der Waals surface area contributed by atoms with E-state index in [0.29, 0.717) is 12.8 Å². The largest absolute Gasteiger partial charge is 0.480 e. The van der Waals surface area contributed by atoms with E-state index in [0.717, 1.165) is 11.1 Å². The Hall–Kier alpha value is -3.61. The molecule has 0 aliphatic heterocycles. The molecule has 3 atom stereocenters. The van der Waals surface area contributed by atoms with Crippen molar-refractivity contribution in [2.45, 2.75) is 44.7 Å². The second-order valence-corrected chi connectivity index (χ2v) is 8.92. The molecule has 0 aromatic heterocycles. The highest BCUT2D eigenvalue weighted by atomic mass is 16.5. The second-order valence-electron chi connectivity index (χ2n) is 8.92. The number of benzene rings is 2. The summed E-state index contributed by atoms with van der Waals surface area (Å²) in [6.45, 7) is 3.65. The van der Waals surface area contributed by atoms with Crippen LogP contribution in [0.25, 0.3) is 11.1 Å². The van der Waals surface area contributed by atoms with E-state index >= 15 is 0 Å². The summed E-state index contributed by atoms with van der Waals surface area (Å²) in [7, 11) is 0. The predicted molar refractivity (Wildman–Crippen MR) is 128 cm³/mol. The minimum Gasteiger partial charge on any atom is -0.480 e. The number of ether oxygens (including phenoxy) is 1. The summed E-state index contributed by atoms with van der Waals surface area (Å²) in [4.78, 5) is 38.1. The van der Waals surface area contributed by atoms with Gasteiger partial charge in [0.1, 0.15) is 13.2 Å². The lowest BCUT2D eigenvalue weighted by molar-refractivity contribution is -0.147. The van der Waals surface area contributed by atoms with Crippen molar-refractivity contribution in [3.8, 4) is 11.1 Å². The SMILES string of the molecule is CCC(C)N(CC(=O)O)C(=O)C1C=CC(NC(=O)OCC2c3ccccc3-c3ccccc32)C1. The summed E-state index contributed by atoms with van der Waals surface area (Å²) in [5, 5.41) is 12.0. The lowest BCUT2D eigenvalue weighted by Gasteiger charge is -2.29. The lowest BCUT2D eigenvalue weighted by Crippen LogP contribution is -2.45. The first kappa shape index (κ1) is 23.5. The Morgan fingerprint density at radius 2 is 1.68 bits per heavy atom. The van der Waals surface area contributed by atoms with Gasteiger partial charge in [0, 0.05) is 12.0 Å². The van der Waals surface area contributed by atoms with Crippen LogP contribution in [0.3, 0.4) is 0 Å². The van der Waals surface area contributed by atoms with E-state index in [1.165, 1.54) is 16.0 Å². The molecular formula is C27H30N2O5. The Labute approximate surface area is 199 Å². The van der Waals surface area contributed by atoms with E-state index in [-0.39, 0.29) is 37.1 Å². The van der Waals surface area contributed by atoms with Crippen molar-refractivity contribution in [3.63, 3.8) is 0 Å². The molecule has 2 aliphatic carbocycles. The fourth-order valence-corrected chi connectivity index (χ4v) is 4.81. The standard InChI is InChI=1S/C27H30N2O5/c1-3-17(2)29(15-25(30)31)26(32)18-12-13-19(14-18)28-27(33)34-16-24-22-10-6-4-8-20(22)21-9-5-7-11-23(21)24/h4-13,17-19,24H,3,14-16H2,1-2H3,(H,28,33)(H,30,31). The maximum Gasteiger partial charge on any atom is 0.407 e. The zero-order valence-electron chi connectivity index (χ0n) is 19.4. The zero-order valence-corrected chi connectivity index (χ0v) is 19.4. The third-order valence-corrected chi connectivity index (χ3v) is 6.76. The Kier molecular flexibility index (Phi) is 7.01. The Balaban J connectivity index is 1.33. The summed E-state index contributed by atoms with van der Waals surface area (Å²) >= 11 is 0. The smallest absolute Gasteiger partial charge is 0.407 e. The number of carboxylic acids is 1. The minimum absolute atomic E-state index is 0.0216. The molecule has 3 unspecified atom stereocenters. The summed E-state index contributed by atoms with van der Waals surface area (Å²) in [5.41, 5.74) is 4.62. The van der Waals surface area contributed by atoms with Crippen molar-refractivity contribution in [2.75, 3.05) is 13.2 Å². The van der Waals surface area contributed by atoms with Gasteiger partial charge in [-0.05, 0) is 42.0 Å². The summed E-state index contributed by atoms with van der Waals surface area (Å²) in [6.07, 6.45) is 4.04. The van der Waals surface area contributed by atoms with Gasteiger partial charge in [0.2, 0.25) is 5.91 Å². The van der Waals surface area contributed by atoms with Crippen LogP contribution in [0, 0.1) is 5.92 Å². The second kappa shape index (κ2) is 10.1. The molecule has 34 heavy (non-hydrogen) atoms. The molecule has 0 heterocycles. The van der Waals surface area contributed by atoms with Gasteiger partial charge in [-0.3, -0.25) is 9.59 Å². The van der Waals surface area contributed by atoms with Crippen LogP contribution < -0.4 is 5.32 Å². The van der Waals surface area contributed by atoms with Gasteiger partial charge in [-0.2, -0.15) is 0 Å². The maximum atomic E-state index is 12.9. The highest BCUT2D eigenvalue weighted by molar-refractivity contribution is 5.85. The van der Waals surface area contributed by atoms with E-state index < -0.39 is 18.0 Å². The van der Waals surface area contributed by atoms with Crippen molar-refractivity contribution in [3.05, 3.63) is 71.8 Å². The monoisotopic (exact) mass is 462 g/mol. The van der Waals surface area contributed by atoms with Gasteiger partial charge in [0.25, 0.3) is 0 Å². The van der Waals surface area contributed by atoms with E-state index in [1.54, 1.807) is 12.2 Å². The van der Waals surface area contributed by atoms with E-state index in [9.17, 15) is 19.5 Å². The molecule has 0 radical (unpaired) electrons. The molecule has 0 saturated carbocycles. The summed E-state index contributed by atoms with van der Waals surface area (Å²) in [5.74, 6) is -1.76. The van der Waals surface area contributed by atoms with Gasteiger partial charge in [-0.1, -0.05) is 67.6 Å². The van der Waals surface area contributed by atoms with Gasteiger partial charge >= 0.3 is 12.1 Å². The number of aliphatic carboxylic acids is 1. The predicted octanol–water partition coefficient (Wildman–Crippen LogP) is 4.18. The molecule has 0 saturated heterocycles. The molecular weight excluding hydrogens is 432 g/mol. The first-order chi connectivity index (χ1) is 16.4. The number of hydrogen-bond acceptors (Lipinski definition) is 4. The zero-order chi connectivity index (χ0) is 24.2. The van der Waals surface area contributed by atoms with Gasteiger partial charge in [-0.15, -0.1) is 0 Å². The third-order valence-electron chi connectivity index (χ3n) is 6.76. The number of nitrogens with zero attached hydrogens (tertiary/aromatic N) is 1. The van der Waals surface area contributed by atoms with Crippen LogP contribution in [0.2, 0.25) is 0 Å².